The third-order valence-electron chi connectivity index (χ3n) is 5.35. The fourth-order valence-corrected chi connectivity index (χ4v) is 3.61. The van der Waals surface area contributed by atoms with Crippen molar-refractivity contribution in [2.24, 2.45) is 11.0 Å². The Labute approximate surface area is 166 Å². The predicted molar refractivity (Wildman–Crippen MR) is 109 cm³/mol. The summed E-state index contributed by atoms with van der Waals surface area (Å²) in [5, 5.41) is 9.05. The van der Waals surface area contributed by atoms with Gasteiger partial charge in [-0.2, -0.15) is 5.10 Å². The van der Waals surface area contributed by atoms with Crippen LogP contribution in [0.25, 0.3) is 0 Å². The number of anilines is 1. The Balaban J connectivity index is 1.60. The highest BCUT2D eigenvalue weighted by molar-refractivity contribution is 6.38. The molecule has 2 heterocycles. The van der Waals surface area contributed by atoms with E-state index >= 15 is 0 Å². The molecule has 0 aromatic heterocycles. The van der Waals surface area contributed by atoms with Gasteiger partial charge in [0.15, 0.2) is 0 Å². The van der Waals surface area contributed by atoms with E-state index in [0.29, 0.717) is 6.54 Å². The zero-order valence-electron chi connectivity index (χ0n) is 16.8. The lowest BCUT2D eigenvalue weighted by Gasteiger charge is -2.30. The van der Waals surface area contributed by atoms with Gasteiger partial charge >= 0.3 is 5.97 Å². The molecule has 1 unspecified atom stereocenters. The molecule has 3 rings (SSSR count). The lowest BCUT2D eigenvalue weighted by Crippen LogP contribution is -2.46. The van der Waals surface area contributed by atoms with Gasteiger partial charge in [0.1, 0.15) is 11.8 Å². The summed E-state index contributed by atoms with van der Waals surface area (Å²) in [4.78, 5) is 27.4. The van der Waals surface area contributed by atoms with E-state index in [4.69, 9.17) is 4.74 Å². The predicted octanol–water partition coefficient (Wildman–Crippen LogP) is 2.03. The van der Waals surface area contributed by atoms with Crippen molar-refractivity contribution < 1.29 is 14.3 Å². The molecule has 7 nitrogen and oxygen atoms in total. The Morgan fingerprint density at radius 1 is 1.21 bits per heavy atom. The Bertz CT molecular complexity index is 699. The van der Waals surface area contributed by atoms with Crippen molar-refractivity contribution in [2.75, 3.05) is 37.8 Å². The number of rotatable bonds is 7. The van der Waals surface area contributed by atoms with E-state index in [-0.39, 0.29) is 24.6 Å². The molecule has 0 bridgehead atoms. The second kappa shape index (κ2) is 9.68. The molecule has 1 amide bonds. The van der Waals surface area contributed by atoms with E-state index < -0.39 is 12.0 Å². The van der Waals surface area contributed by atoms with Crippen LogP contribution in [-0.4, -0.2) is 61.3 Å². The molecule has 1 fully saturated rings. The minimum absolute atomic E-state index is 0.114. The molecule has 2 aliphatic rings. The number of hydrogen-bond donors (Lipinski definition) is 1. The number of hydrazone groups is 1. The second-order valence-corrected chi connectivity index (χ2v) is 7.48. The van der Waals surface area contributed by atoms with Crippen molar-refractivity contribution in [3.63, 3.8) is 0 Å². The van der Waals surface area contributed by atoms with E-state index in [1.165, 1.54) is 12.8 Å². The number of nitrogens with one attached hydrogen (secondary N) is 1. The number of carbonyl (C=O) groups excluding carboxylic acids is 2. The molecule has 1 N–H and O–H groups in total. The largest absolute Gasteiger partial charge is 0.461 e. The molecular formula is C21H30N4O3. The van der Waals surface area contributed by atoms with Crippen LogP contribution in [0.3, 0.4) is 0 Å². The number of benzene rings is 1. The lowest BCUT2D eigenvalue weighted by molar-refractivity contribution is -0.135. The van der Waals surface area contributed by atoms with Crippen molar-refractivity contribution in [2.45, 2.75) is 39.2 Å². The number of carbonyl (C=O) groups is 2. The Hall–Kier alpha value is -2.41. The Kier molecular flexibility index (Phi) is 7.03. The van der Waals surface area contributed by atoms with Crippen LogP contribution in [0, 0.1) is 5.92 Å². The monoisotopic (exact) mass is 386 g/mol. The number of ether oxygens (including phenoxy) is 1. The number of nitrogens with zero attached hydrogens (tertiary/aromatic N) is 3. The zero-order chi connectivity index (χ0) is 19.9. The van der Waals surface area contributed by atoms with Crippen LogP contribution in [0.2, 0.25) is 0 Å². The number of hydrogen-bond acceptors (Lipinski definition) is 6. The molecule has 7 heteroatoms. The molecule has 1 atom stereocenters. The van der Waals surface area contributed by atoms with E-state index in [1.54, 1.807) is 11.9 Å². The summed E-state index contributed by atoms with van der Waals surface area (Å²) >= 11 is 0. The minimum Gasteiger partial charge on any atom is -0.461 e. The average Bonchev–Trinajstić information content (AvgIpc) is 3.16. The number of likely N-dealkylation sites (tertiary alicyclic amines) is 1. The molecule has 152 valence electrons. The van der Waals surface area contributed by atoms with Gasteiger partial charge in [0, 0.05) is 19.5 Å². The fourth-order valence-electron chi connectivity index (χ4n) is 3.61. The summed E-state index contributed by atoms with van der Waals surface area (Å²) in [6.07, 6.45) is 2.69. The van der Waals surface area contributed by atoms with Crippen LogP contribution in [0.1, 0.15) is 33.1 Å². The van der Waals surface area contributed by atoms with Crippen molar-refractivity contribution in [3.8, 4) is 0 Å². The van der Waals surface area contributed by atoms with Crippen molar-refractivity contribution >= 4 is 23.3 Å². The van der Waals surface area contributed by atoms with Gasteiger partial charge in [0.2, 0.25) is 5.91 Å². The van der Waals surface area contributed by atoms with Gasteiger partial charge in [-0.1, -0.05) is 25.1 Å². The van der Waals surface area contributed by atoms with E-state index in [2.05, 4.69) is 22.2 Å². The first-order valence-corrected chi connectivity index (χ1v) is 10.2. The van der Waals surface area contributed by atoms with E-state index in [9.17, 15) is 9.59 Å². The maximum absolute atomic E-state index is 12.9. The smallest absolute Gasteiger partial charge is 0.354 e. The standard InChI is InChI=1S/C21H30N4O3/c1-3-28-21(27)18-15-19(25(23-18)17-7-5-4-6-8-17)20(26)22-11-14-24-12-9-16(2)10-13-24/h4-8,16,19H,3,9-15H2,1-2H3,(H,22,26). The normalized spacial score (nSPS) is 20.7. The topological polar surface area (TPSA) is 74.2 Å². The molecule has 1 saturated heterocycles. The van der Waals surface area contributed by atoms with E-state index in [1.807, 2.05) is 30.3 Å². The van der Waals surface area contributed by atoms with Crippen LogP contribution >= 0.6 is 0 Å². The first-order valence-electron chi connectivity index (χ1n) is 10.2. The van der Waals surface area contributed by atoms with Crippen LogP contribution in [0.15, 0.2) is 35.4 Å². The highest BCUT2D eigenvalue weighted by Crippen LogP contribution is 2.25. The quantitative estimate of drug-likeness (QED) is 0.726. The van der Waals surface area contributed by atoms with Gasteiger partial charge in [-0.15, -0.1) is 0 Å². The van der Waals surface area contributed by atoms with Gasteiger partial charge in [0.05, 0.1) is 12.3 Å². The molecule has 0 saturated carbocycles. The number of piperidine rings is 1. The number of para-hydroxylation sites is 1. The average molecular weight is 386 g/mol. The maximum Gasteiger partial charge on any atom is 0.354 e. The van der Waals surface area contributed by atoms with Gasteiger partial charge < -0.3 is 15.0 Å². The van der Waals surface area contributed by atoms with Gasteiger partial charge in [-0.05, 0) is 50.9 Å². The van der Waals surface area contributed by atoms with Crippen molar-refractivity contribution in [3.05, 3.63) is 30.3 Å². The maximum atomic E-state index is 12.9. The molecular weight excluding hydrogens is 356 g/mol. The first-order chi connectivity index (χ1) is 13.6. The second-order valence-electron chi connectivity index (χ2n) is 7.48. The van der Waals surface area contributed by atoms with E-state index in [0.717, 1.165) is 31.2 Å². The first kappa shape index (κ1) is 20.3. The molecule has 0 aliphatic carbocycles. The fraction of sp³-hybridized carbons (Fsp3) is 0.571. The number of amides is 1. The highest BCUT2D eigenvalue weighted by Gasteiger charge is 2.36. The summed E-state index contributed by atoms with van der Waals surface area (Å²) in [6.45, 7) is 7.96. The van der Waals surface area contributed by atoms with Crippen LogP contribution < -0.4 is 10.3 Å². The van der Waals surface area contributed by atoms with Crippen LogP contribution in [-0.2, 0) is 14.3 Å². The van der Waals surface area contributed by atoms with Crippen molar-refractivity contribution in [1.82, 2.24) is 10.2 Å². The minimum atomic E-state index is -0.539. The third-order valence-corrected chi connectivity index (χ3v) is 5.35. The summed E-state index contributed by atoms with van der Waals surface area (Å²) in [5.74, 6) is 0.223. The van der Waals surface area contributed by atoms with Gasteiger partial charge in [-0.25, -0.2) is 4.79 Å². The Morgan fingerprint density at radius 3 is 2.61 bits per heavy atom. The molecule has 0 spiro atoms. The zero-order valence-corrected chi connectivity index (χ0v) is 16.8. The molecule has 28 heavy (non-hydrogen) atoms. The van der Waals surface area contributed by atoms with Crippen LogP contribution in [0.4, 0.5) is 5.69 Å². The molecule has 1 aromatic rings. The Morgan fingerprint density at radius 2 is 1.93 bits per heavy atom. The highest BCUT2D eigenvalue weighted by atomic mass is 16.5. The van der Waals surface area contributed by atoms with Gasteiger partial charge in [0.25, 0.3) is 0 Å². The summed E-state index contributed by atoms with van der Waals surface area (Å²) in [7, 11) is 0. The summed E-state index contributed by atoms with van der Waals surface area (Å²) in [6, 6.07) is 8.91. The molecule has 0 radical (unpaired) electrons. The lowest BCUT2D eigenvalue weighted by atomic mass is 9.99. The summed E-state index contributed by atoms with van der Waals surface area (Å²) < 4.78 is 5.07. The molecule has 2 aliphatic heterocycles. The SMILES string of the molecule is CCOC(=O)C1=NN(c2ccccc2)C(C(=O)NCCN2CCC(C)CC2)C1. The summed E-state index contributed by atoms with van der Waals surface area (Å²) in [5.41, 5.74) is 1.07. The number of esters is 1. The molecule has 1 aromatic carbocycles. The van der Waals surface area contributed by atoms with Crippen molar-refractivity contribution in [1.29, 1.82) is 0 Å². The van der Waals surface area contributed by atoms with Gasteiger partial charge in [-0.3, -0.25) is 9.80 Å². The van der Waals surface area contributed by atoms with Crippen LogP contribution in [0.5, 0.6) is 0 Å². The third kappa shape index (κ3) is 5.10.